The maximum absolute atomic E-state index is 13.6. The molecule has 3 nitrogen and oxygen atoms in total. The van der Waals surface area contributed by atoms with Crippen LogP contribution in [0, 0.1) is 5.82 Å². The van der Waals surface area contributed by atoms with Crippen molar-refractivity contribution in [2.24, 2.45) is 0 Å². The Morgan fingerprint density at radius 3 is 3.00 bits per heavy atom. The van der Waals surface area contributed by atoms with E-state index in [1.54, 1.807) is 6.07 Å². The monoisotopic (exact) mass is 245 g/mol. The summed E-state index contributed by atoms with van der Waals surface area (Å²) < 4.78 is 24.2. The van der Waals surface area contributed by atoms with Crippen LogP contribution >= 0.6 is 11.6 Å². The summed E-state index contributed by atoms with van der Waals surface area (Å²) in [5, 5.41) is 3.53. The van der Waals surface area contributed by atoms with Crippen LogP contribution in [0.5, 0.6) is 5.75 Å². The molecule has 0 amide bonds. The zero-order chi connectivity index (χ0) is 11.5. The van der Waals surface area contributed by atoms with Crippen molar-refractivity contribution in [2.45, 2.75) is 6.10 Å². The fourth-order valence-corrected chi connectivity index (χ4v) is 2.01. The quantitative estimate of drug-likeness (QED) is 0.866. The molecule has 88 valence electrons. The molecular formula is C11H13ClFNO2. The Balaban J connectivity index is 2.36. The number of morpholine rings is 1. The van der Waals surface area contributed by atoms with Gasteiger partial charge in [-0.2, -0.15) is 0 Å². The lowest BCUT2D eigenvalue weighted by Gasteiger charge is -2.25. The van der Waals surface area contributed by atoms with Gasteiger partial charge in [0.25, 0.3) is 0 Å². The molecule has 2 rings (SSSR count). The summed E-state index contributed by atoms with van der Waals surface area (Å²) in [4.78, 5) is 0. The number of hydrogen-bond donors (Lipinski definition) is 1. The minimum absolute atomic E-state index is 0.207. The van der Waals surface area contributed by atoms with Gasteiger partial charge in [-0.3, -0.25) is 0 Å². The van der Waals surface area contributed by atoms with E-state index in [4.69, 9.17) is 21.1 Å². The molecule has 1 N–H and O–H groups in total. The van der Waals surface area contributed by atoms with E-state index in [1.807, 2.05) is 0 Å². The van der Waals surface area contributed by atoms with E-state index in [9.17, 15) is 4.39 Å². The molecule has 1 atom stereocenters. The minimum Gasteiger partial charge on any atom is -0.493 e. The van der Waals surface area contributed by atoms with Crippen molar-refractivity contribution in [3.63, 3.8) is 0 Å². The normalized spacial score (nSPS) is 20.8. The molecule has 1 aromatic rings. The van der Waals surface area contributed by atoms with Crippen LogP contribution in [0.1, 0.15) is 11.7 Å². The average Bonchev–Trinajstić information content (AvgIpc) is 2.29. The van der Waals surface area contributed by atoms with E-state index < -0.39 is 5.82 Å². The Bertz CT molecular complexity index is 380. The summed E-state index contributed by atoms with van der Waals surface area (Å²) in [7, 11) is 1.44. The fraction of sp³-hybridized carbons (Fsp3) is 0.455. The first kappa shape index (κ1) is 11.6. The van der Waals surface area contributed by atoms with Crippen LogP contribution in [-0.2, 0) is 4.74 Å². The first-order valence-electron chi connectivity index (χ1n) is 5.07. The second kappa shape index (κ2) is 4.99. The topological polar surface area (TPSA) is 30.5 Å². The molecule has 0 saturated carbocycles. The van der Waals surface area contributed by atoms with Gasteiger partial charge >= 0.3 is 0 Å². The first-order valence-corrected chi connectivity index (χ1v) is 5.45. The Morgan fingerprint density at radius 1 is 1.56 bits per heavy atom. The lowest BCUT2D eigenvalue weighted by molar-refractivity contribution is 0.0259. The average molecular weight is 246 g/mol. The molecule has 1 aliphatic rings. The molecule has 1 unspecified atom stereocenters. The lowest BCUT2D eigenvalue weighted by atomic mass is 10.1. The number of halogens is 2. The molecular weight excluding hydrogens is 233 g/mol. The SMILES string of the molecule is COc1c(F)cc(Cl)cc1C1CNCCO1. The minimum atomic E-state index is -0.459. The molecule has 16 heavy (non-hydrogen) atoms. The van der Waals surface area contributed by atoms with Crippen LogP contribution in [0.4, 0.5) is 4.39 Å². The van der Waals surface area contributed by atoms with Crippen molar-refractivity contribution in [1.29, 1.82) is 0 Å². The molecule has 0 aliphatic carbocycles. The van der Waals surface area contributed by atoms with Crippen molar-refractivity contribution in [2.75, 3.05) is 26.8 Å². The Kier molecular flexibility index (Phi) is 3.63. The van der Waals surface area contributed by atoms with E-state index in [-0.39, 0.29) is 11.9 Å². The molecule has 1 heterocycles. The Labute approximate surface area is 98.5 Å². The van der Waals surface area contributed by atoms with Crippen molar-refractivity contribution in [3.05, 3.63) is 28.5 Å². The Hall–Kier alpha value is -0.840. The summed E-state index contributed by atoms with van der Waals surface area (Å²) in [5.41, 5.74) is 0.653. The second-order valence-electron chi connectivity index (χ2n) is 3.57. The van der Waals surface area contributed by atoms with Crippen molar-refractivity contribution in [3.8, 4) is 5.75 Å². The highest BCUT2D eigenvalue weighted by molar-refractivity contribution is 6.30. The number of hydrogen-bond acceptors (Lipinski definition) is 3. The van der Waals surface area contributed by atoms with Crippen molar-refractivity contribution < 1.29 is 13.9 Å². The molecule has 0 radical (unpaired) electrons. The zero-order valence-corrected chi connectivity index (χ0v) is 9.68. The Morgan fingerprint density at radius 2 is 2.38 bits per heavy atom. The van der Waals surface area contributed by atoms with Crippen molar-refractivity contribution >= 4 is 11.6 Å². The third kappa shape index (κ3) is 2.29. The predicted octanol–water partition coefficient (Wildman–Crippen LogP) is 2.15. The van der Waals surface area contributed by atoms with Gasteiger partial charge in [0, 0.05) is 23.7 Å². The molecule has 0 aromatic heterocycles. The van der Waals surface area contributed by atoms with Gasteiger partial charge in [-0.15, -0.1) is 0 Å². The maximum Gasteiger partial charge on any atom is 0.166 e. The summed E-state index contributed by atoms with van der Waals surface area (Å²) >= 11 is 5.83. The predicted molar refractivity (Wildman–Crippen MR) is 59.5 cm³/mol. The third-order valence-corrected chi connectivity index (χ3v) is 2.73. The lowest BCUT2D eigenvalue weighted by Crippen LogP contribution is -2.33. The summed E-state index contributed by atoms with van der Waals surface area (Å²) in [6.07, 6.45) is -0.211. The molecule has 0 bridgehead atoms. The molecule has 0 spiro atoms. The van der Waals surface area contributed by atoms with Gasteiger partial charge in [0.1, 0.15) is 0 Å². The van der Waals surface area contributed by atoms with E-state index in [0.717, 1.165) is 6.54 Å². The number of benzene rings is 1. The number of nitrogens with one attached hydrogen (secondary N) is 1. The molecule has 1 saturated heterocycles. The van der Waals surface area contributed by atoms with Gasteiger partial charge in [-0.25, -0.2) is 4.39 Å². The highest BCUT2D eigenvalue weighted by atomic mass is 35.5. The summed E-state index contributed by atoms with van der Waals surface area (Å²) in [6.45, 7) is 2.04. The van der Waals surface area contributed by atoms with Crippen LogP contribution < -0.4 is 10.1 Å². The van der Waals surface area contributed by atoms with E-state index in [2.05, 4.69) is 5.32 Å². The van der Waals surface area contributed by atoms with Crippen LogP contribution in [0.15, 0.2) is 12.1 Å². The van der Waals surface area contributed by atoms with E-state index in [0.29, 0.717) is 23.7 Å². The summed E-state index contributed by atoms with van der Waals surface area (Å²) in [5.74, 6) is -0.253. The molecule has 1 aliphatic heterocycles. The van der Waals surface area contributed by atoms with Crippen molar-refractivity contribution in [1.82, 2.24) is 5.32 Å². The standard InChI is InChI=1S/C11H13ClFNO2/c1-15-11-8(4-7(12)5-9(11)13)10-6-14-2-3-16-10/h4-5,10,14H,2-3,6H2,1H3. The fourth-order valence-electron chi connectivity index (χ4n) is 1.80. The van der Waals surface area contributed by atoms with Crippen LogP contribution in [0.3, 0.4) is 0 Å². The second-order valence-corrected chi connectivity index (χ2v) is 4.01. The smallest absolute Gasteiger partial charge is 0.166 e. The van der Waals surface area contributed by atoms with Gasteiger partial charge in [0.05, 0.1) is 19.8 Å². The van der Waals surface area contributed by atoms with E-state index >= 15 is 0 Å². The first-order chi connectivity index (χ1) is 7.72. The van der Waals surface area contributed by atoms with Gasteiger partial charge in [0.2, 0.25) is 0 Å². The highest BCUT2D eigenvalue weighted by Gasteiger charge is 2.22. The number of methoxy groups -OCH3 is 1. The molecule has 5 heteroatoms. The van der Waals surface area contributed by atoms with Crippen LogP contribution in [0.2, 0.25) is 5.02 Å². The molecule has 1 fully saturated rings. The van der Waals surface area contributed by atoms with Gasteiger partial charge in [0.15, 0.2) is 11.6 Å². The number of ether oxygens (including phenoxy) is 2. The summed E-state index contributed by atoms with van der Waals surface area (Å²) in [6, 6.07) is 2.92. The number of rotatable bonds is 2. The van der Waals surface area contributed by atoms with Crippen LogP contribution in [0.25, 0.3) is 0 Å². The highest BCUT2D eigenvalue weighted by Crippen LogP contribution is 2.33. The van der Waals surface area contributed by atoms with Gasteiger partial charge in [-0.1, -0.05) is 11.6 Å². The van der Waals surface area contributed by atoms with Crippen LogP contribution in [-0.4, -0.2) is 26.8 Å². The van der Waals surface area contributed by atoms with Gasteiger partial charge < -0.3 is 14.8 Å². The largest absolute Gasteiger partial charge is 0.493 e. The third-order valence-electron chi connectivity index (χ3n) is 2.52. The van der Waals surface area contributed by atoms with Gasteiger partial charge in [-0.05, 0) is 12.1 Å². The molecule has 1 aromatic carbocycles. The zero-order valence-electron chi connectivity index (χ0n) is 8.93. The van der Waals surface area contributed by atoms with E-state index in [1.165, 1.54) is 13.2 Å². The maximum atomic E-state index is 13.6.